The Kier molecular flexibility index (Phi) is 6.90. The summed E-state index contributed by atoms with van der Waals surface area (Å²) in [6.07, 6.45) is 0. The molecule has 0 saturated carbocycles. The van der Waals surface area contributed by atoms with Gasteiger partial charge in [0.15, 0.2) is 0 Å². The van der Waals surface area contributed by atoms with Gasteiger partial charge in [-0.05, 0) is 18.2 Å². The minimum atomic E-state index is 0. The molecule has 0 fully saturated rings. The van der Waals surface area contributed by atoms with Crippen LogP contribution in [0, 0.1) is 0 Å². The molecule has 0 aromatic heterocycles. The van der Waals surface area contributed by atoms with Crippen LogP contribution in [0.25, 0.3) is 0 Å². The van der Waals surface area contributed by atoms with Gasteiger partial charge in [-0.25, -0.2) is 0 Å². The van der Waals surface area contributed by atoms with E-state index in [0.717, 1.165) is 22.6 Å². The van der Waals surface area contributed by atoms with E-state index in [1.165, 1.54) is 0 Å². The van der Waals surface area contributed by atoms with Gasteiger partial charge in [-0.2, -0.15) is 0 Å². The van der Waals surface area contributed by atoms with E-state index in [2.05, 4.69) is 21.2 Å². The first kappa shape index (κ1) is 12.3. The fourth-order valence-electron chi connectivity index (χ4n) is 0.790. The van der Waals surface area contributed by atoms with Crippen molar-refractivity contribution in [3.8, 4) is 0 Å². The van der Waals surface area contributed by atoms with Gasteiger partial charge in [0.25, 0.3) is 0 Å². The molecule has 0 radical (unpaired) electrons. The van der Waals surface area contributed by atoms with E-state index < -0.39 is 0 Å². The molecule has 1 nitrogen and oxygen atoms in total. The second-order valence-corrected chi connectivity index (χ2v) is 3.36. The summed E-state index contributed by atoms with van der Waals surface area (Å²) in [6.45, 7) is 0.917. The van der Waals surface area contributed by atoms with Gasteiger partial charge in [-0.3, -0.25) is 0 Å². The maximum absolute atomic E-state index is 5.77. The molecule has 0 aliphatic carbocycles. The Labute approximate surface area is 96.4 Å². The van der Waals surface area contributed by atoms with Crippen LogP contribution in [0.2, 0.25) is 5.02 Å². The van der Waals surface area contributed by atoms with E-state index in [-0.39, 0.29) is 17.0 Å². The number of hydrogen-bond acceptors (Lipinski definition) is 1. The second kappa shape index (κ2) is 6.75. The largest absolute Gasteiger partial charge is 0.384 e. The third-order valence-corrected chi connectivity index (χ3v) is 1.88. The highest BCUT2D eigenvalue weighted by atomic mass is 79.9. The van der Waals surface area contributed by atoms with Crippen molar-refractivity contribution < 1.29 is 0 Å². The highest BCUT2D eigenvalue weighted by Crippen LogP contribution is 2.14. The summed E-state index contributed by atoms with van der Waals surface area (Å²) < 4.78 is 0. The first-order valence-electron chi connectivity index (χ1n) is 3.38. The highest BCUT2D eigenvalue weighted by Gasteiger charge is 1.90. The molecule has 68 valence electrons. The molecule has 0 bridgehead atoms. The van der Waals surface area contributed by atoms with Crippen LogP contribution in [-0.2, 0) is 0 Å². The fourth-order valence-corrected chi connectivity index (χ4v) is 1.18. The molecule has 1 aromatic carbocycles. The predicted octanol–water partition coefficient (Wildman–Crippen LogP) is 3.72. The number of anilines is 1. The van der Waals surface area contributed by atoms with Gasteiger partial charge in [-0.1, -0.05) is 33.6 Å². The molecule has 0 heterocycles. The predicted molar refractivity (Wildman–Crippen MR) is 64.1 cm³/mol. The average Bonchev–Trinajstić information content (AvgIpc) is 2.01. The first-order chi connectivity index (χ1) is 5.33. The van der Waals surface area contributed by atoms with Crippen molar-refractivity contribution in [3.63, 3.8) is 0 Å². The summed E-state index contributed by atoms with van der Waals surface area (Å²) in [5.41, 5.74) is 1.07. The number of halogens is 3. The highest BCUT2D eigenvalue weighted by molar-refractivity contribution is 9.09. The van der Waals surface area contributed by atoms with Crippen LogP contribution in [0.5, 0.6) is 0 Å². The van der Waals surface area contributed by atoms with Gasteiger partial charge in [-0.15, -0.1) is 17.0 Å². The van der Waals surface area contributed by atoms with Crippen molar-refractivity contribution in [2.45, 2.75) is 0 Å². The zero-order valence-electron chi connectivity index (χ0n) is 6.39. The summed E-state index contributed by atoms with van der Waals surface area (Å²) in [5, 5.41) is 4.92. The monoisotopic (exact) mass is 313 g/mol. The summed E-state index contributed by atoms with van der Waals surface area (Å²) >= 11 is 9.10. The maximum atomic E-state index is 5.77. The SMILES string of the molecule is Br.Clc1cccc(NCCBr)c1. The third-order valence-electron chi connectivity index (χ3n) is 1.25. The standard InChI is InChI=1S/C8H9BrClN.BrH/c9-4-5-11-8-3-1-2-7(10)6-8;/h1-3,6,11H,4-5H2;1H. The van der Waals surface area contributed by atoms with Gasteiger partial charge in [0.05, 0.1) is 0 Å². The Morgan fingerprint density at radius 2 is 2.17 bits per heavy atom. The maximum Gasteiger partial charge on any atom is 0.0426 e. The molecule has 0 unspecified atom stereocenters. The zero-order chi connectivity index (χ0) is 8.10. The molecular formula is C8H10Br2ClN. The van der Waals surface area contributed by atoms with E-state index in [0.29, 0.717) is 0 Å². The van der Waals surface area contributed by atoms with Crippen molar-refractivity contribution in [1.29, 1.82) is 0 Å². The van der Waals surface area contributed by atoms with E-state index >= 15 is 0 Å². The summed E-state index contributed by atoms with van der Waals surface area (Å²) in [6, 6.07) is 7.69. The Hall–Kier alpha value is 0.270. The smallest absolute Gasteiger partial charge is 0.0426 e. The molecule has 0 aliphatic rings. The van der Waals surface area contributed by atoms with Crippen molar-refractivity contribution >= 4 is 50.2 Å². The van der Waals surface area contributed by atoms with Gasteiger partial charge in [0.2, 0.25) is 0 Å². The first-order valence-corrected chi connectivity index (χ1v) is 4.88. The van der Waals surface area contributed by atoms with E-state index in [1.54, 1.807) is 0 Å². The quantitative estimate of drug-likeness (QED) is 0.838. The lowest BCUT2D eigenvalue weighted by molar-refractivity contribution is 1.24. The lowest BCUT2D eigenvalue weighted by atomic mass is 10.3. The Morgan fingerprint density at radius 1 is 1.42 bits per heavy atom. The van der Waals surface area contributed by atoms with E-state index in [1.807, 2.05) is 24.3 Å². The van der Waals surface area contributed by atoms with Crippen LogP contribution in [0.4, 0.5) is 5.69 Å². The van der Waals surface area contributed by atoms with Crippen LogP contribution in [0.3, 0.4) is 0 Å². The minimum Gasteiger partial charge on any atom is -0.384 e. The van der Waals surface area contributed by atoms with Crippen molar-refractivity contribution in [3.05, 3.63) is 29.3 Å². The van der Waals surface area contributed by atoms with Crippen molar-refractivity contribution in [2.75, 3.05) is 17.2 Å². The topological polar surface area (TPSA) is 12.0 Å². The lowest BCUT2D eigenvalue weighted by Gasteiger charge is -2.02. The Balaban J connectivity index is 0.00000121. The minimum absolute atomic E-state index is 0. The molecule has 0 atom stereocenters. The van der Waals surface area contributed by atoms with Crippen molar-refractivity contribution in [2.24, 2.45) is 0 Å². The molecule has 1 aromatic rings. The van der Waals surface area contributed by atoms with Crippen LogP contribution in [-0.4, -0.2) is 11.9 Å². The summed E-state index contributed by atoms with van der Waals surface area (Å²) in [5.74, 6) is 0. The van der Waals surface area contributed by atoms with Gasteiger partial charge < -0.3 is 5.32 Å². The van der Waals surface area contributed by atoms with Gasteiger partial charge >= 0.3 is 0 Å². The van der Waals surface area contributed by atoms with Gasteiger partial charge in [0, 0.05) is 22.6 Å². The third kappa shape index (κ3) is 4.33. The molecule has 0 spiro atoms. The normalized spacial score (nSPS) is 8.83. The Morgan fingerprint density at radius 3 is 2.75 bits per heavy atom. The summed E-state index contributed by atoms with van der Waals surface area (Å²) in [4.78, 5) is 0. The molecule has 1 N–H and O–H groups in total. The van der Waals surface area contributed by atoms with E-state index in [4.69, 9.17) is 11.6 Å². The fraction of sp³-hybridized carbons (Fsp3) is 0.250. The molecule has 4 heteroatoms. The number of alkyl halides is 1. The van der Waals surface area contributed by atoms with Crippen LogP contribution < -0.4 is 5.32 Å². The van der Waals surface area contributed by atoms with Crippen LogP contribution >= 0.6 is 44.5 Å². The number of rotatable bonds is 3. The van der Waals surface area contributed by atoms with Gasteiger partial charge in [0.1, 0.15) is 0 Å². The molecule has 0 aliphatic heterocycles. The van der Waals surface area contributed by atoms with Crippen LogP contribution in [0.1, 0.15) is 0 Å². The second-order valence-electron chi connectivity index (χ2n) is 2.13. The molecule has 1 rings (SSSR count). The molecule has 12 heavy (non-hydrogen) atoms. The molecule has 0 saturated heterocycles. The number of benzene rings is 1. The average molecular weight is 315 g/mol. The lowest BCUT2D eigenvalue weighted by Crippen LogP contribution is -2.01. The van der Waals surface area contributed by atoms with E-state index in [9.17, 15) is 0 Å². The molecular weight excluding hydrogens is 305 g/mol. The summed E-state index contributed by atoms with van der Waals surface area (Å²) in [7, 11) is 0. The van der Waals surface area contributed by atoms with Crippen LogP contribution in [0.15, 0.2) is 24.3 Å². The number of nitrogens with one attached hydrogen (secondary N) is 1. The van der Waals surface area contributed by atoms with Crippen molar-refractivity contribution in [1.82, 2.24) is 0 Å². The Bertz CT molecular complexity index is 230. The number of hydrogen-bond donors (Lipinski definition) is 1. The zero-order valence-corrected chi connectivity index (χ0v) is 10.4. The molecule has 0 amide bonds.